The third kappa shape index (κ3) is 4.73. The third-order valence-corrected chi connectivity index (χ3v) is 3.97. The average molecular weight is 361 g/mol. The summed E-state index contributed by atoms with van der Waals surface area (Å²) in [6, 6.07) is 9.48. The topological polar surface area (TPSA) is 64.6 Å². The van der Waals surface area contributed by atoms with Gasteiger partial charge in [-0.3, -0.25) is 0 Å². The highest BCUT2D eigenvalue weighted by Crippen LogP contribution is 2.31. The molecule has 25 heavy (non-hydrogen) atoms. The first-order valence-electron chi connectivity index (χ1n) is 7.91. The molecule has 1 atom stereocenters. The molecular formula is C18H23N3O3S. The van der Waals surface area contributed by atoms with Crippen LogP contribution in [-0.2, 0) is 0 Å². The quantitative estimate of drug-likeness (QED) is 0.731. The van der Waals surface area contributed by atoms with Crippen molar-refractivity contribution in [3.05, 3.63) is 42.1 Å². The lowest BCUT2D eigenvalue weighted by atomic mass is 10.0. The Morgan fingerprint density at radius 3 is 2.44 bits per heavy atom. The van der Waals surface area contributed by atoms with Crippen LogP contribution in [0.3, 0.4) is 0 Å². The second-order valence-corrected chi connectivity index (χ2v) is 5.64. The van der Waals surface area contributed by atoms with Gasteiger partial charge in [-0.1, -0.05) is 13.0 Å². The zero-order chi connectivity index (χ0) is 18.2. The monoisotopic (exact) mass is 361 g/mol. The van der Waals surface area contributed by atoms with Gasteiger partial charge in [0.05, 0.1) is 27.4 Å². The van der Waals surface area contributed by atoms with E-state index in [9.17, 15) is 0 Å². The second-order valence-electron chi connectivity index (χ2n) is 5.23. The summed E-state index contributed by atoms with van der Waals surface area (Å²) in [4.78, 5) is 4.25. The fourth-order valence-corrected chi connectivity index (χ4v) is 2.68. The minimum atomic E-state index is 0.0227. The first-order chi connectivity index (χ1) is 12.1. The lowest BCUT2D eigenvalue weighted by molar-refractivity contribution is 0.354. The second kappa shape index (κ2) is 9.08. The number of hydrogen-bond donors (Lipinski definition) is 2. The highest BCUT2D eigenvalue weighted by Gasteiger charge is 2.15. The minimum Gasteiger partial charge on any atom is -0.493 e. The zero-order valence-corrected chi connectivity index (χ0v) is 15.6. The van der Waals surface area contributed by atoms with E-state index in [0.717, 1.165) is 12.0 Å². The molecule has 0 saturated carbocycles. The Balaban J connectivity index is 2.12. The summed E-state index contributed by atoms with van der Waals surface area (Å²) in [7, 11) is 4.83. The molecule has 1 aromatic heterocycles. The van der Waals surface area contributed by atoms with Crippen molar-refractivity contribution in [2.45, 2.75) is 19.4 Å². The molecular weight excluding hydrogens is 338 g/mol. The van der Waals surface area contributed by atoms with Gasteiger partial charge in [0.25, 0.3) is 0 Å². The third-order valence-electron chi connectivity index (χ3n) is 3.75. The van der Waals surface area contributed by atoms with Crippen molar-refractivity contribution in [3.63, 3.8) is 0 Å². The molecule has 6 nitrogen and oxygen atoms in total. The molecule has 1 aromatic carbocycles. The van der Waals surface area contributed by atoms with E-state index in [1.165, 1.54) is 0 Å². The summed E-state index contributed by atoms with van der Waals surface area (Å²) in [6.45, 7) is 2.08. The molecule has 1 heterocycles. The van der Waals surface area contributed by atoms with Crippen LogP contribution >= 0.6 is 12.2 Å². The molecule has 0 aliphatic heterocycles. The number of nitrogens with one attached hydrogen (secondary N) is 2. The summed E-state index contributed by atoms with van der Waals surface area (Å²) in [6.07, 6.45) is 2.52. The predicted molar refractivity (Wildman–Crippen MR) is 103 cm³/mol. The summed E-state index contributed by atoms with van der Waals surface area (Å²) >= 11 is 5.42. The van der Waals surface area contributed by atoms with Crippen molar-refractivity contribution >= 4 is 23.1 Å². The molecule has 2 N–H and O–H groups in total. The zero-order valence-electron chi connectivity index (χ0n) is 14.8. The normalized spacial score (nSPS) is 11.4. The van der Waals surface area contributed by atoms with E-state index >= 15 is 0 Å². The maximum Gasteiger partial charge on any atom is 0.174 e. The van der Waals surface area contributed by atoms with E-state index in [4.69, 9.17) is 26.4 Å². The number of thiocarbonyl (C=S) groups is 1. The van der Waals surface area contributed by atoms with Crippen LogP contribution in [0.15, 0.2) is 36.5 Å². The SMILES string of the molecule is CC[C@H](NC(=S)Nc1ncccc1OC)c1ccc(OC)c(OC)c1. The van der Waals surface area contributed by atoms with E-state index in [1.807, 2.05) is 24.3 Å². The molecule has 0 bridgehead atoms. The number of pyridine rings is 1. The number of nitrogens with zero attached hydrogens (tertiary/aromatic N) is 1. The van der Waals surface area contributed by atoms with E-state index in [0.29, 0.717) is 28.2 Å². The van der Waals surface area contributed by atoms with E-state index in [-0.39, 0.29) is 6.04 Å². The van der Waals surface area contributed by atoms with Crippen molar-refractivity contribution in [2.24, 2.45) is 0 Å². The molecule has 0 amide bonds. The summed E-state index contributed by atoms with van der Waals surface area (Å²) in [5.41, 5.74) is 1.05. The standard InChI is InChI=1S/C18H23N3O3S/c1-5-13(12-8-9-14(22-2)16(11-12)24-4)20-18(25)21-17-15(23-3)7-6-10-19-17/h6-11,13H,5H2,1-4H3,(H2,19,20,21,25)/t13-/m0/s1. The van der Waals surface area contributed by atoms with Crippen molar-refractivity contribution in [1.82, 2.24) is 10.3 Å². The fourth-order valence-electron chi connectivity index (χ4n) is 2.44. The van der Waals surface area contributed by atoms with Gasteiger partial charge in [-0.2, -0.15) is 0 Å². The van der Waals surface area contributed by atoms with Crippen LogP contribution in [0.4, 0.5) is 5.82 Å². The number of aromatic nitrogens is 1. The van der Waals surface area contributed by atoms with Gasteiger partial charge in [-0.25, -0.2) is 4.98 Å². The lowest BCUT2D eigenvalue weighted by Crippen LogP contribution is -2.32. The maximum atomic E-state index is 5.42. The Labute approximate surface area is 153 Å². The first kappa shape index (κ1) is 18.8. The van der Waals surface area contributed by atoms with E-state index in [1.54, 1.807) is 33.6 Å². The van der Waals surface area contributed by atoms with Crippen LogP contribution in [0.25, 0.3) is 0 Å². The molecule has 7 heteroatoms. The highest BCUT2D eigenvalue weighted by atomic mass is 32.1. The number of anilines is 1. The van der Waals surface area contributed by atoms with Crippen LogP contribution in [0.2, 0.25) is 0 Å². The van der Waals surface area contributed by atoms with E-state index in [2.05, 4.69) is 22.5 Å². The first-order valence-corrected chi connectivity index (χ1v) is 8.32. The van der Waals surface area contributed by atoms with Crippen molar-refractivity contribution in [2.75, 3.05) is 26.6 Å². The number of rotatable bonds is 7. The molecule has 0 aliphatic carbocycles. The summed E-state index contributed by atoms with van der Waals surface area (Å²) < 4.78 is 15.9. The smallest absolute Gasteiger partial charge is 0.174 e. The van der Waals surface area contributed by atoms with Crippen LogP contribution in [0, 0.1) is 0 Å². The summed E-state index contributed by atoms with van der Waals surface area (Å²) in [5, 5.41) is 6.85. The Morgan fingerprint density at radius 2 is 1.80 bits per heavy atom. The number of hydrogen-bond acceptors (Lipinski definition) is 5. The maximum absolute atomic E-state index is 5.42. The number of methoxy groups -OCH3 is 3. The summed E-state index contributed by atoms with van der Waals surface area (Å²) in [5.74, 6) is 2.58. The molecule has 0 fully saturated rings. The van der Waals surface area contributed by atoms with Gasteiger partial charge in [-0.05, 0) is 48.5 Å². The van der Waals surface area contributed by atoms with Gasteiger partial charge in [-0.15, -0.1) is 0 Å². The molecule has 0 spiro atoms. The molecule has 0 saturated heterocycles. The molecule has 0 radical (unpaired) electrons. The fraction of sp³-hybridized carbons (Fsp3) is 0.333. The molecule has 2 aromatic rings. The molecule has 2 rings (SSSR count). The lowest BCUT2D eigenvalue weighted by Gasteiger charge is -2.21. The van der Waals surface area contributed by atoms with Crippen molar-refractivity contribution < 1.29 is 14.2 Å². The van der Waals surface area contributed by atoms with Crippen molar-refractivity contribution in [1.29, 1.82) is 0 Å². The van der Waals surface area contributed by atoms with Gasteiger partial charge in [0, 0.05) is 6.20 Å². The number of benzene rings is 1. The Hall–Kier alpha value is -2.54. The van der Waals surface area contributed by atoms with Crippen LogP contribution < -0.4 is 24.8 Å². The van der Waals surface area contributed by atoms with Crippen LogP contribution in [0.5, 0.6) is 17.2 Å². The van der Waals surface area contributed by atoms with Crippen molar-refractivity contribution in [3.8, 4) is 17.2 Å². The largest absolute Gasteiger partial charge is 0.493 e. The van der Waals surface area contributed by atoms with Gasteiger partial charge < -0.3 is 24.8 Å². The minimum absolute atomic E-state index is 0.0227. The predicted octanol–water partition coefficient (Wildman–Crippen LogP) is 3.55. The Kier molecular flexibility index (Phi) is 6.82. The van der Waals surface area contributed by atoms with Crippen LogP contribution in [0.1, 0.15) is 24.9 Å². The molecule has 0 aliphatic rings. The Morgan fingerprint density at radius 1 is 1.08 bits per heavy atom. The molecule has 134 valence electrons. The van der Waals surface area contributed by atoms with Gasteiger partial charge >= 0.3 is 0 Å². The number of ether oxygens (including phenoxy) is 3. The molecule has 0 unspecified atom stereocenters. The van der Waals surface area contributed by atoms with Gasteiger partial charge in [0.15, 0.2) is 28.2 Å². The highest BCUT2D eigenvalue weighted by molar-refractivity contribution is 7.80. The van der Waals surface area contributed by atoms with Gasteiger partial charge in [0.2, 0.25) is 0 Å². The Bertz CT molecular complexity index is 724. The average Bonchev–Trinajstić information content (AvgIpc) is 2.65. The van der Waals surface area contributed by atoms with Gasteiger partial charge in [0.1, 0.15) is 0 Å². The van der Waals surface area contributed by atoms with E-state index < -0.39 is 0 Å². The van der Waals surface area contributed by atoms with Crippen LogP contribution in [-0.4, -0.2) is 31.4 Å².